The molecule has 9 heteroatoms. The molecule has 0 saturated heterocycles. The summed E-state index contributed by atoms with van der Waals surface area (Å²) in [5, 5.41) is 20.0. The number of nitrogens with one attached hydrogen (secondary N) is 1. The molecule has 0 bridgehead atoms. The predicted octanol–water partition coefficient (Wildman–Crippen LogP) is 4.49. The quantitative estimate of drug-likeness (QED) is 0.350. The van der Waals surface area contributed by atoms with E-state index in [1.165, 1.54) is 32.1 Å². The standard InChI is InChI=1S/C25H28ClN7O/c1-33-11-9-19(32-33)22-21(17-12-16-8-5-10-28-20(16)18(26)13-17)30-23(24(27)31-22)25(34)29-14-15-6-3-2-4-7-15/h5,8-13,15,25,29,34H,2-4,6-7,14H2,1H3,(H2,27,31). The Labute approximate surface area is 203 Å². The maximum absolute atomic E-state index is 10.9. The number of aliphatic hydroxyl groups is 1. The zero-order valence-electron chi connectivity index (χ0n) is 19.1. The van der Waals surface area contributed by atoms with Crippen molar-refractivity contribution in [3.05, 3.63) is 53.4 Å². The minimum absolute atomic E-state index is 0.168. The van der Waals surface area contributed by atoms with Crippen molar-refractivity contribution in [2.45, 2.75) is 38.3 Å². The normalized spacial score (nSPS) is 15.6. The molecule has 4 N–H and O–H groups in total. The van der Waals surface area contributed by atoms with Gasteiger partial charge in [-0.3, -0.25) is 15.0 Å². The number of aliphatic hydroxyl groups excluding tert-OH is 1. The van der Waals surface area contributed by atoms with Gasteiger partial charge in [0.25, 0.3) is 0 Å². The van der Waals surface area contributed by atoms with Crippen molar-refractivity contribution < 1.29 is 5.11 Å². The lowest BCUT2D eigenvalue weighted by Gasteiger charge is -2.24. The molecular weight excluding hydrogens is 450 g/mol. The van der Waals surface area contributed by atoms with Gasteiger partial charge >= 0.3 is 0 Å². The number of rotatable bonds is 6. The summed E-state index contributed by atoms with van der Waals surface area (Å²) in [4.78, 5) is 13.8. The van der Waals surface area contributed by atoms with Crippen LogP contribution in [-0.4, -0.2) is 36.4 Å². The van der Waals surface area contributed by atoms with Gasteiger partial charge in [0.05, 0.1) is 16.2 Å². The second-order valence-corrected chi connectivity index (χ2v) is 9.32. The van der Waals surface area contributed by atoms with Gasteiger partial charge in [0.2, 0.25) is 0 Å². The van der Waals surface area contributed by atoms with Crippen molar-refractivity contribution in [2.75, 3.05) is 12.3 Å². The molecule has 3 aromatic heterocycles. The lowest BCUT2D eigenvalue weighted by Crippen LogP contribution is -2.29. The van der Waals surface area contributed by atoms with E-state index in [2.05, 4.69) is 20.4 Å². The molecular formula is C25H28ClN7O. The highest BCUT2D eigenvalue weighted by atomic mass is 35.5. The molecule has 1 atom stereocenters. The third-order valence-electron chi connectivity index (χ3n) is 6.42. The molecule has 0 radical (unpaired) electrons. The Hall–Kier alpha value is -3.07. The van der Waals surface area contributed by atoms with Crippen molar-refractivity contribution in [3.63, 3.8) is 0 Å². The third kappa shape index (κ3) is 4.61. The number of nitrogen functional groups attached to an aromatic ring is 1. The van der Waals surface area contributed by atoms with Crippen LogP contribution in [0.3, 0.4) is 0 Å². The van der Waals surface area contributed by atoms with E-state index in [-0.39, 0.29) is 5.82 Å². The Kier molecular flexibility index (Phi) is 6.45. The highest BCUT2D eigenvalue weighted by molar-refractivity contribution is 6.35. The third-order valence-corrected chi connectivity index (χ3v) is 6.71. The first kappa shape index (κ1) is 22.7. The monoisotopic (exact) mass is 477 g/mol. The molecule has 8 nitrogen and oxygen atoms in total. The first-order valence-electron chi connectivity index (χ1n) is 11.6. The molecule has 1 aromatic carbocycles. The van der Waals surface area contributed by atoms with Gasteiger partial charge in [0.1, 0.15) is 22.9 Å². The van der Waals surface area contributed by atoms with E-state index in [1.54, 1.807) is 10.9 Å². The Morgan fingerprint density at radius 3 is 2.76 bits per heavy atom. The number of aryl methyl sites for hydroxylation is 1. The van der Waals surface area contributed by atoms with E-state index in [1.807, 2.05) is 43.6 Å². The van der Waals surface area contributed by atoms with Gasteiger partial charge in [0, 0.05) is 36.9 Å². The zero-order valence-corrected chi connectivity index (χ0v) is 19.8. The summed E-state index contributed by atoms with van der Waals surface area (Å²) in [5.74, 6) is 0.721. The summed E-state index contributed by atoms with van der Waals surface area (Å²) >= 11 is 6.57. The average Bonchev–Trinajstić information content (AvgIpc) is 3.29. The van der Waals surface area contributed by atoms with Crippen LogP contribution in [-0.2, 0) is 7.05 Å². The Bertz CT molecular complexity index is 1320. The fourth-order valence-electron chi connectivity index (χ4n) is 4.63. The topological polar surface area (TPSA) is 115 Å². The van der Waals surface area contributed by atoms with E-state index < -0.39 is 6.23 Å². The number of pyridine rings is 1. The summed E-state index contributed by atoms with van der Waals surface area (Å²) in [5.41, 5.74) is 9.77. The predicted molar refractivity (Wildman–Crippen MR) is 134 cm³/mol. The highest BCUT2D eigenvalue weighted by Gasteiger charge is 2.23. The van der Waals surface area contributed by atoms with Crippen LogP contribution < -0.4 is 11.1 Å². The number of nitrogens with two attached hydrogens (primary N) is 1. The molecule has 1 saturated carbocycles. The molecule has 34 heavy (non-hydrogen) atoms. The van der Waals surface area contributed by atoms with Gasteiger partial charge in [0.15, 0.2) is 6.23 Å². The van der Waals surface area contributed by atoms with E-state index >= 15 is 0 Å². The smallest absolute Gasteiger partial charge is 0.151 e. The van der Waals surface area contributed by atoms with Crippen molar-refractivity contribution in [1.82, 2.24) is 30.0 Å². The number of hydrogen-bond donors (Lipinski definition) is 3. The van der Waals surface area contributed by atoms with E-state index in [0.717, 1.165) is 10.9 Å². The van der Waals surface area contributed by atoms with Crippen LogP contribution in [0.5, 0.6) is 0 Å². The molecule has 1 aliphatic rings. The molecule has 0 spiro atoms. The number of anilines is 1. The van der Waals surface area contributed by atoms with E-state index in [0.29, 0.717) is 45.8 Å². The Balaban J connectivity index is 1.57. The van der Waals surface area contributed by atoms with Gasteiger partial charge in [-0.05, 0) is 43.0 Å². The van der Waals surface area contributed by atoms with E-state index in [4.69, 9.17) is 22.3 Å². The molecule has 176 valence electrons. The minimum atomic E-state index is -1.02. The Morgan fingerprint density at radius 2 is 2.00 bits per heavy atom. The van der Waals surface area contributed by atoms with Crippen molar-refractivity contribution >= 4 is 28.3 Å². The number of fused-ring (bicyclic) bond motifs is 1. The number of halogens is 1. The lowest BCUT2D eigenvalue weighted by molar-refractivity contribution is 0.125. The highest BCUT2D eigenvalue weighted by Crippen LogP contribution is 2.35. The number of benzene rings is 1. The summed E-state index contributed by atoms with van der Waals surface area (Å²) in [6, 6.07) is 9.45. The van der Waals surface area contributed by atoms with Crippen LogP contribution in [0.15, 0.2) is 42.7 Å². The Morgan fingerprint density at radius 1 is 1.18 bits per heavy atom. The fraction of sp³-hybridized carbons (Fsp3) is 0.360. The zero-order chi connectivity index (χ0) is 23.7. The molecule has 3 heterocycles. The summed E-state index contributed by atoms with van der Waals surface area (Å²) in [7, 11) is 1.84. The largest absolute Gasteiger partial charge is 0.382 e. The second kappa shape index (κ2) is 9.66. The van der Waals surface area contributed by atoms with Crippen LogP contribution in [0.25, 0.3) is 33.5 Å². The lowest BCUT2D eigenvalue weighted by atomic mass is 9.89. The molecule has 4 aromatic rings. The molecule has 1 aliphatic carbocycles. The van der Waals surface area contributed by atoms with Crippen molar-refractivity contribution in [2.24, 2.45) is 13.0 Å². The first-order chi connectivity index (χ1) is 16.5. The average molecular weight is 478 g/mol. The van der Waals surface area contributed by atoms with Crippen LogP contribution in [0.1, 0.15) is 44.0 Å². The number of hydrogen-bond acceptors (Lipinski definition) is 7. The first-order valence-corrected chi connectivity index (χ1v) is 12.0. The minimum Gasteiger partial charge on any atom is -0.382 e. The molecule has 0 aliphatic heterocycles. The fourth-order valence-corrected chi connectivity index (χ4v) is 4.91. The van der Waals surface area contributed by atoms with Crippen molar-refractivity contribution in [1.29, 1.82) is 0 Å². The SMILES string of the molecule is Cn1ccc(-c2nc(N)c(C(O)NCC3CCCCC3)nc2-c2cc(Cl)c3ncccc3c2)n1. The van der Waals surface area contributed by atoms with Gasteiger partial charge in [-0.15, -0.1) is 0 Å². The van der Waals surface area contributed by atoms with Gasteiger partial charge in [-0.25, -0.2) is 9.97 Å². The summed E-state index contributed by atoms with van der Waals surface area (Å²) < 4.78 is 1.70. The van der Waals surface area contributed by atoms with Crippen LogP contribution >= 0.6 is 11.6 Å². The van der Waals surface area contributed by atoms with Crippen LogP contribution in [0.2, 0.25) is 5.02 Å². The van der Waals surface area contributed by atoms with Gasteiger partial charge in [-0.2, -0.15) is 5.10 Å². The number of aromatic nitrogens is 5. The molecule has 0 amide bonds. The maximum atomic E-state index is 10.9. The number of nitrogens with zero attached hydrogens (tertiary/aromatic N) is 5. The second-order valence-electron chi connectivity index (χ2n) is 8.91. The summed E-state index contributed by atoms with van der Waals surface area (Å²) in [6.45, 7) is 0.715. The van der Waals surface area contributed by atoms with E-state index in [9.17, 15) is 5.11 Å². The van der Waals surface area contributed by atoms with Gasteiger partial charge < -0.3 is 10.8 Å². The van der Waals surface area contributed by atoms with Crippen LogP contribution in [0, 0.1) is 5.92 Å². The summed E-state index contributed by atoms with van der Waals surface area (Å²) in [6.07, 6.45) is 8.65. The molecule has 1 fully saturated rings. The molecule has 5 rings (SSSR count). The maximum Gasteiger partial charge on any atom is 0.151 e. The van der Waals surface area contributed by atoms with Crippen LogP contribution in [0.4, 0.5) is 5.82 Å². The molecule has 1 unspecified atom stereocenters. The van der Waals surface area contributed by atoms with Crippen molar-refractivity contribution in [3.8, 4) is 22.6 Å². The van der Waals surface area contributed by atoms with Gasteiger partial charge in [-0.1, -0.05) is 36.9 Å².